The minimum Gasteiger partial charge on any atom is -0.393 e. The molecule has 0 bridgehead atoms. The van der Waals surface area contributed by atoms with Crippen LogP contribution in [0.4, 0.5) is 11.4 Å². The Morgan fingerprint density at radius 3 is 1.96 bits per heavy atom. The number of allylic oxidation sites excluding steroid dienone is 1. The van der Waals surface area contributed by atoms with Crippen LogP contribution in [0.25, 0.3) is 38.7 Å². The normalized spacial score (nSPS) is 14.9. The second-order valence-electron chi connectivity index (χ2n) is 13.6. The van der Waals surface area contributed by atoms with E-state index in [2.05, 4.69) is 102 Å². The lowest BCUT2D eigenvalue weighted by molar-refractivity contribution is 0.0990. The molecule has 0 spiro atoms. The van der Waals surface area contributed by atoms with Crippen LogP contribution < -0.4 is 4.81 Å². The molecule has 0 saturated carbocycles. The van der Waals surface area contributed by atoms with E-state index in [0.717, 1.165) is 21.7 Å². The molecule has 1 aliphatic heterocycles. The number of benzene rings is 6. The zero-order chi connectivity index (χ0) is 32.1. The number of aryl methyl sites for hydroxylation is 3. The van der Waals surface area contributed by atoms with Crippen LogP contribution in [-0.4, -0.2) is 19.5 Å². The number of fused-ring (bicyclic) bond motifs is 6. The lowest BCUT2D eigenvalue weighted by Gasteiger charge is -2.42. The monoisotopic (exact) mass is 595 g/mol. The topological polar surface area (TPSA) is 37.4 Å². The van der Waals surface area contributed by atoms with Gasteiger partial charge in [-0.15, -0.1) is 0 Å². The van der Waals surface area contributed by atoms with Gasteiger partial charge < -0.3 is 4.81 Å². The highest BCUT2D eigenvalue weighted by molar-refractivity contribution is 6.42. The van der Waals surface area contributed by atoms with Gasteiger partial charge in [-0.3, -0.25) is 9.59 Å². The molecule has 1 aliphatic carbocycles. The Labute approximate surface area is 270 Å². The second-order valence-corrected chi connectivity index (χ2v) is 13.6. The Morgan fingerprint density at radius 2 is 1.30 bits per heavy atom. The zero-order valence-corrected chi connectivity index (χ0v) is 27.1. The summed E-state index contributed by atoms with van der Waals surface area (Å²) in [7, 11) is 2.15. The summed E-state index contributed by atoms with van der Waals surface area (Å²) in [4.78, 5) is 29.2. The molecule has 0 N–H and O–H groups in total. The standard InChI is InChI=1S/C42H34BNO2/c1-23-16-24(2)38(25(3)17-23)30-12-14-36-35(22-30)42(4,5)39-31-13-10-26(18-29(31)11-15-37(39)44(36)43)19-34-40(45)32-20-27-8-6-7-9-28(27)21-33(32)41(34)46/h6-22H,43H2,1-5H3. The molecule has 0 radical (unpaired) electrons. The summed E-state index contributed by atoms with van der Waals surface area (Å²) in [6, 6.07) is 33.6. The fourth-order valence-corrected chi connectivity index (χ4v) is 8.05. The molecule has 6 aromatic carbocycles. The first kappa shape index (κ1) is 28.3. The first-order valence-electron chi connectivity index (χ1n) is 15.9. The first-order chi connectivity index (χ1) is 22.0. The quantitative estimate of drug-likeness (QED) is 0.114. The van der Waals surface area contributed by atoms with Gasteiger partial charge in [0.05, 0.1) is 5.57 Å². The van der Waals surface area contributed by atoms with E-state index < -0.39 is 0 Å². The summed E-state index contributed by atoms with van der Waals surface area (Å²) in [6.07, 6.45) is 1.76. The SMILES string of the molecule is BN1c2ccc(-c3c(C)cc(C)cc3C)cc2C(C)(C)c2c1ccc1cc(C=C3C(=O)c4cc5ccccc5cc4C3=O)ccc21. The lowest BCUT2D eigenvalue weighted by Crippen LogP contribution is -2.32. The van der Waals surface area contributed by atoms with Crippen molar-refractivity contribution in [2.75, 3.05) is 4.81 Å². The van der Waals surface area contributed by atoms with Crippen molar-refractivity contribution in [1.29, 1.82) is 0 Å². The minimum atomic E-state index is -0.264. The number of rotatable bonds is 2. The molecule has 0 fully saturated rings. The fourth-order valence-electron chi connectivity index (χ4n) is 8.05. The summed E-state index contributed by atoms with van der Waals surface area (Å²) in [6.45, 7) is 11.2. The smallest absolute Gasteiger partial charge is 0.223 e. The van der Waals surface area contributed by atoms with E-state index in [9.17, 15) is 9.59 Å². The van der Waals surface area contributed by atoms with Crippen molar-refractivity contribution >= 4 is 58.5 Å². The van der Waals surface area contributed by atoms with Gasteiger partial charge >= 0.3 is 0 Å². The third-order valence-corrected chi connectivity index (χ3v) is 10.2. The van der Waals surface area contributed by atoms with Crippen molar-refractivity contribution in [2.45, 2.75) is 40.0 Å². The van der Waals surface area contributed by atoms with Crippen LogP contribution in [0.5, 0.6) is 0 Å². The third kappa shape index (κ3) is 4.06. The predicted octanol–water partition coefficient (Wildman–Crippen LogP) is 9.37. The van der Waals surface area contributed by atoms with Gasteiger partial charge in [0, 0.05) is 27.9 Å². The second kappa shape index (κ2) is 9.89. The van der Waals surface area contributed by atoms with E-state index in [0.29, 0.717) is 11.1 Å². The number of carbonyl (C=O) groups is 2. The van der Waals surface area contributed by atoms with Gasteiger partial charge in [0.25, 0.3) is 0 Å². The Kier molecular flexibility index (Phi) is 6.08. The van der Waals surface area contributed by atoms with Crippen molar-refractivity contribution in [1.82, 2.24) is 0 Å². The number of hydrogen-bond donors (Lipinski definition) is 0. The van der Waals surface area contributed by atoms with Gasteiger partial charge in [0.15, 0.2) is 11.6 Å². The Balaban J connectivity index is 1.22. The third-order valence-electron chi connectivity index (χ3n) is 10.2. The average molecular weight is 596 g/mol. The number of nitrogens with zero attached hydrogens (tertiary/aromatic N) is 1. The van der Waals surface area contributed by atoms with Gasteiger partial charge in [-0.1, -0.05) is 80.1 Å². The van der Waals surface area contributed by atoms with Crippen LogP contribution in [0, 0.1) is 20.8 Å². The van der Waals surface area contributed by atoms with Gasteiger partial charge in [-0.05, 0) is 124 Å². The van der Waals surface area contributed by atoms with Crippen LogP contribution >= 0.6 is 0 Å². The van der Waals surface area contributed by atoms with Crippen LogP contribution in [0.15, 0.2) is 103 Å². The average Bonchev–Trinajstić information content (AvgIpc) is 3.25. The number of hydrogen-bond acceptors (Lipinski definition) is 3. The maximum absolute atomic E-state index is 13.4. The summed E-state index contributed by atoms with van der Waals surface area (Å²) >= 11 is 0. The first-order valence-corrected chi connectivity index (χ1v) is 15.9. The number of ketones is 2. The summed E-state index contributed by atoms with van der Waals surface area (Å²) < 4.78 is 0. The number of Topliss-reactive ketones (excluding diaryl/α,β-unsaturated/α-hetero) is 2. The minimum absolute atomic E-state index is 0.203. The van der Waals surface area contributed by atoms with E-state index in [1.54, 1.807) is 6.08 Å². The molecule has 46 heavy (non-hydrogen) atoms. The highest BCUT2D eigenvalue weighted by atomic mass is 16.2. The van der Waals surface area contributed by atoms with Crippen LogP contribution in [-0.2, 0) is 5.41 Å². The maximum atomic E-state index is 13.4. The largest absolute Gasteiger partial charge is 0.393 e. The molecule has 3 nitrogen and oxygen atoms in total. The van der Waals surface area contributed by atoms with Crippen LogP contribution in [0.3, 0.4) is 0 Å². The molecule has 0 aromatic heterocycles. The van der Waals surface area contributed by atoms with Crippen LogP contribution in [0.1, 0.15) is 67.9 Å². The molecule has 0 saturated heterocycles. The molecule has 4 heteroatoms. The van der Waals surface area contributed by atoms with Gasteiger partial charge in [0.1, 0.15) is 0 Å². The van der Waals surface area contributed by atoms with Crippen molar-refractivity contribution in [3.8, 4) is 11.1 Å². The Hall–Kier alpha value is -5.22. The molecule has 2 aliphatic rings. The van der Waals surface area contributed by atoms with Crippen molar-refractivity contribution in [2.24, 2.45) is 0 Å². The van der Waals surface area contributed by atoms with E-state index >= 15 is 0 Å². The highest BCUT2D eigenvalue weighted by Crippen LogP contribution is 2.51. The van der Waals surface area contributed by atoms with Gasteiger partial charge in [-0.2, -0.15) is 0 Å². The fraction of sp³-hybridized carbons (Fsp3) is 0.143. The molecule has 0 atom stereocenters. The number of anilines is 2. The highest BCUT2D eigenvalue weighted by Gasteiger charge is 2.37. The summed E-state index contributed by atoms with van der Waals surface area (Å²) in [5.41, 5.74) is 13.2. The molecule has 222 valence electrons. The molecule has 1 heterocycles. The van der Waals surface area contributed by atoms with Crippen molar-refractivity contribution < 1.29 is 9.59 Å². The van der Waals surface area contributed by atoms with Crippen LogP contribution in [0.2, 0.25) is 0 Å². The molecule has 0 amide bonds. The molecule has 8 rings (SSSR count). The van der Waals surface area contributed by atoms with Gasteiger partial charge in [0.2, 0.25) is 7.98 Å². The van der Waals surface area contributed by atoms with E-state index in [4.69, 9.17) is 0 Å². The van der Waals surface area contributed by atoms with E-state index in [1.807, 2.05) is 42.5 Å². The molecule has 0 unspecified atom stereocenters. The molecular weight excluding hydrogens is 561 g/mol. The zero-order valence-electron chi connectivity index (χ0n) is 27.1. The van der Waals surface area contributed by atoms with Gasteiger partial charge in [-0.25, -0.2) is 0 Å². The molecular formula is C42H34BNO2. The van der Waals surface area contributed by atoms with E-state index in [-0.39, 0.29) is 22.6 Å². The summed E-state index contributed by atoms with van der Waals surface area (Å²) in [5.74, 6) is -0.406. The summed E-state index contributed by atoms with van der Waals surface area (Å²) in [5, 5.41) is 4.18. The number of carbonyl (C=O) groups excluding carboxylic acids is 2. The Morgan fingerprint density at radius 1 is 0.674 bits per heavy atom. The maximum Gasteiger partial charge on any atom is 0.223 e. The molecule has 6 aromatic rings. The van der Waals surface area contributed by atoms with E-state index in [1.165, 1.54) is 55.7 Å². The predicted molar refractivity (Wildman–Crippen MR) is 193 cm³/mol. The Bertz CT molecular complexity index is 2300. The van der Waals surface area contributed by atoms with Crippen molar-refractivity contribution in [3.05, 3.63) is 147 Å². The lowest BCUT2D eigenvalue weighted by atomic mass is 9.70. The van der Waals surface area contributed by atoms with Crippen molar-refractivity contribution in [3.63, 3.8) is 0 Å².